The summed E-state index contributed by atoms with van der Waals surface area (Å²) < 4.78 is 15.7. The monoisotopic (exact) mass is 362 g/mol. The Morgan fingerprint density at radius 2 is 1.96 bits per heavy atom. The zero-order chi connectivity index (χ0) is 17.2. The quantitative estimate of drug-likeness (QED) is 0.753. The van der Waals surface area contributed by atoms with Crippen LogP contribution in [0.15, 0.2) is 29.4 Å². The maximum Gasteiger partial charge on any atom is 0.233 e. The van der Waals surface area contributed by atoms with E-state index in [9.17, 15) is 9.18 Å². The van der Waals surface area contributed by atoms with Gasteiger partial charge in [-0.2, -0.15) is 0 Å². The number of anilines is 1. The van der Waals surface area contributed by atoms with E-state index in [-0.39, 0.29) is 11.7 Å². The minimum absolute atomic E-state index is 0.0727. The largest absolute Gasteiger partial charge is 0.366 e. The Kier molecular flexibility index (Phi) is 4.56. The van der Waals surface area contributed by atoms with Crippen LogP contribution in [0.4, 0.5) is 10.1 Å². The molecule has 7 nitrogen and oxygen atoms in total. The number of hydrogen-bond donors (Lipinski definition) is 0. The van der Waals surface area contributed by atoms with E-state index in [0.29, 0.717) is 48.8 Å². The fraction of sp³-hybridized carbons (Fsp3) is 0.500. The van der Waals surface area contributed by atoms with Crippen LogP contribution in [0.1, 0.15) is 18.9 Å². The lowest BCUT2D eigenvalue weighted by atomic mass is 10.2. The molecule has 132 valence electrons. The van der Waals surface area contributed by atoms with Gasteiger partial charge in [-0.15, -0.1) is 5.10 Å². The van der Waals surface area contributed by atoms with Crippen molar-refractivity contribution in [2.24, 2.45) is 0 Å². The van der Waals surface area contributed by atoms with Crippen LogP contribution >= 0.6 is 11.8 Å². The summed E-state index contributed by atoms with van der Waals surface area (Å²) in [5.41, 5.74) is 0.604. The molecule has 1 aromatic carbocycles. The normalized spacial score (nSPS) is 17.8. The zero-order valence-electron chi connectivity index (χ0n) is 13.7. The van der Waals surface area contributed by atoms with Crippen molar-refractivity contribution in [2.75, 3.05) is 36.8 Å². The molecule has 0 radical (unpaired) electrons. The molecule has 0 N–H and O–H groups in total. The molecule has 2 fully saturated rings. The number of rotatable bonds is 5. The summed E-state index contributed by atoms with van der Waals surface area (Å²) in [5.74, 6) is 0.181. The van der Waals surface area contributed by atoms with Gasteiger partial charge in [0.05, 0.1) is 17.5 Å². The number of thioether (sulfide) groups is 1. The third-order valence-electron chi connectivity index (χ3n) is 4.51. The Morgan fingerprint density at radius 1 is 1.20 bits per heavy atom. The van der Waals surface area contributed by atoms with Gasteiger partial charge in [0.25, 0.3) is 0 Å². The molecular formula is C16H19FN6OS. The second kappa shape index (κ2) is 6.99. The fourth-order valence-corrected chi connectivity index (χ4v) is 3.80. The average molecular weight is 362 g/mol. The topological polar surface area (TPSA) is 67.2 Å². The molecule has 2 aromatic rings. The Hall–Kier alpha value is -2.16. The first kappa shape index (κ1) is 16.3. The van der Waals surface area contributed by atoms with E-state index in [4.69, 9.17) is 0 Å². The molecule has 1 aromatic heterocycles. The molecule has 9 heteroatoms. The van der Waals surface area contributed by atoms with Crippen LogP contribution in [-0.2, 0) is 4.79 Å². The lowest BCUT2D eigenvalue weighted by Crippen LogP contribution is -2.49. The molecule has 1 aliphatic carbocycles. The lowest BCUT2D eigenvalue weighted by molar-refractivity contribution is -0.128. The number of halogens is 1. The number of para-hydroxylation sites is 1. The summed E-state index contributed by atoms with van der Waals surface area (Å²) in [5, 5.41) is 12.4. The van der Waals surface area contributed by atoms with Gasteiger partial charge in [-0.3, -0.25) is 4.79 Å². The first-order valence-corrected chi connectivity index (χ1v) is 9.39. The van der Waals surface area contributed by atoms with Gasteiger partial charge in [-0.1, -0.05) is 23.9 Å². The molecule has 1 aliphatic heterocycles. The summed E-state index contributed by atoms with van der Waals surface area (Å²) in [4.78, 5) is 16.2. The molecule has 0 unspecified atom stereocenters. The minimum atomic E-state index is -0.218. The molecule has 1 saturated carbocycles. The Labute approximate surface area is 149 Å². The molecule has 1 amide bonds. The van der Waals surface area contributed by atoms with Crippen LogP contribution in [0.3, 0.4) is 0 Å². The molecule has 1 saturated heterocycles. The van der Waals surface area contributed by atoms with Gasteiger partial charge < -0.3 is 9.80 Å². The van der Waals surface area contributed by atoms with Crippen molar-refractivity contribution in [1.29, 1.82) is 0 Å². The lowest BCUT2D eigenvalue weighted by Gasteiger charge is -2.36. The van der Waals surface area contributed by atoms with E-state index in [0.717, 1.165) is 12.8 Å². The summed E-state index contributed by atoms with van der Waals surface area (Å²) in [6, 6.07) is 7.16. The molecule has 2 aliphatic rings. The van der Waals surface area contributed by atoms with Crippen LogP contribution in [-0.4, -0.2) is 62.9 Å². The van der Waals surface area contributed by atoms with Gasteiger partial charge in [0.1, 0.15) is 5.82 Å². The van der Waals surface area contributed by atoms with E-state index in [1.165, 1.54) is 17.8 Å². The Bertz CT molecular complexity index is 757. The third kappa shape index (κ3) is 3.60. The number of carbonyl (C=O) groups is 1. The average Bonchev–Trinajstić information content (AvgIpc) is 3.38. The number of tetrazole rings is 1. The van der Waals surface area contributed by atoms with Crippen LogP contribution in [0.25, 0.3) is 0 Å². The maximum absolute atomic E-state index is 13.9. The molecular weight excluding hydrogens is 343 g/mol. The van der Waals surface area contributed by atoms with Crippen molar-refractivity contribution in [2.45, 2.75) is 24.0 Å². The van der Waals surface area contributed by atoms with Crippen LogP contribution in [0.5, 0.6) is 0 Å². The van der Waals surface area contributed by atoms with Crippen molar-refractivity contribution in [3.8, 4) is 0 Å². The summed E-state index contributed by atoms with van der Waals surface area (Å²) >= 11 is 1.39. The van der Waals surface area contributed by atoms with Crippen molar-refractivity contribution >= 4 is 23.4 Å². The zero-order valence-corrected chi connectivity index (χ0v) is 14.5. The van der Waals surface area contributed by atoms with E-state index >= 15 is 0 Å². The number of piperazine rings is 1. The molecule has 2 heterocycles. The summed E-state index contributed by atoms with van der Waals surface area (Å²) in [7, 11) is 0. The second-order valence-electron chi connectivity index (χ2n) is 6.25. The number of amides is 1. The van der Waals surface area contributed by atoms with Crippen molar-refractivity contribution < 1.29 is 9.18 Å². The van der Waals surface area contributed by atoms with Gasteiger partial charge in [0.15, 0.2) is 0 Å². The number of benzene rings is 1. The predicted molar refractivity (Wildman–Crippen MR) is 92.0 cm³/mol. The second-order valence-corrected chi connectivity index (χ2v) is 7.19. The van der Waals surface area contributed by atoms with Gasteiger partial charge in [-0.05, 0) is 35.4 Å². The van der Waals surface area contributed by atoms with Gasteiger partial charge in [0.2, 0.25) is 11.1 Å². The highest BCUT2D eigenvalue weighted by Gasteiger charge is 2.29. The highest BCUT2D eigenvalue weighted by atomic mass is 32.2. The summed E-state index contributed by atoms with van der Waals surface area (Å²) in [6.07, 6.45) is 2.20. The van der Waals surface area contributed by atoms with Crippen molar-refractivity contribution in [3.63, 3.8) is 0 Å². The minimum Gasteiger partial charge on any atom is -0.366 e. The predicted octanol–water partition coefficient (Wildman–Crippen LogP) is 1.59. The standard InChI is InChI=1S/C16H19FN6OS/c17-13-3-1-2-4-14(13)21-7-9-22(10-8-21)15(24)11-25-16-18-19-20-23(16)12-5-6-12/h1-4,12H,5-11H2. The number of nitrogens with zero attached hydrogens (tertiary/aromatic N) is 6. The van der Waals surface area contributed by atoms with Crippen molar-refractivity contribution in [3.05, 3.63) is 30.1 Å². The van der Waals surface area contributed by atoms with Crippen LogP contribution < -0.4 is 4.90 Å². The number of hydrogen-bond acceptors (Lipinski definition) is 6. The number of aromatic nitrogens is 4. The third-order valence-corrected chi connectivity index (χ3v) is 5.42. The van der Waals surface area contributed by atoms with Crippen LogP contribution in [0, 0.1) is 5.82 Å². The molecule has 4 rings (SSSR count). The SMILES string of the molecule is O=C(CSc1nnnn1C1CC1)N1CCN(c2ccccc2F)CC1. The van der Waals surface area contributed by atoms with Gasteiger partial charge in [-0.25, -0.2) is 9.07 Å². The van der Waals surface area contributed by atoms with E-state index in [1.54, 1.807) is 12.1 Å². The van der Waals surface area contributed by atoms with E-state index < -0.39 is 0 Å². The maximum atomic E-state index is 13.9. The summed E-state index contributed by atoms with van der Waals surface area (Å²) in [6.45, 7) is 2.47. The fourth-order valence-electron chi connectivity index (χ4n) is 2.95. The van der Waals surface area contributed by atoms with Crippen LogP contribution in [0.2, 0.25) is 0 Å². The smallest absolute Gasteiger partial charge is 0.233 e. The van der Waals surface area contributed by atoms with Gasteiger partial charge >= 0.3 is 0 Å². The molecule has 0 bridgehead atoms. The molecule has 0 atom stereocenters. The van der Waals surface area contributed by atoms with E-state index in [2.05, 4.69) is 15.5 Å². The van der Waals surface area contributed by atoms with Crippen molar-refractivity contribution in [1.82, 2.24) is 25.1 Å². The Balaban J connectivity index is 1.29. The Morgan fingerprint density at radius 3 is 2.68 bits per heavy atom. The molecule has 0 spiro atoms. The molecule has 25 heavy (non-hydrogen) atoms. The van der Waals surface area contributed by atoms with E-state index in [1.807, 2.05) is 20.5 Å². The van der Waals surface area contributed by atoms with Gasteiger partial charge in [0, 0.05) is 26.2 Å². The highest BCUT2D eigenvalue weighted by molar-refractivity contribution is 7.99. The first-order valence-electron chi connectivity index (χ1n) is 8.40. The number of carbonyl (C=O) groups excluding carboxylic acids is 1. The highest BCUT2D eigenvalue weighted by Crippen LogP contribution is 2.36. The first-order chi connectivity index (χ1) is 12.2.